The van der Waals surface area contributed by atoms with Crippen LogP contribution < -0.4 is 19.5 Å². The fourth-order valence-corrected chi connectivity index (χ4v) is 4.62. The third-order valence-corrected chi connectivity index (χ3v) is 6.39. The number of hydrogen-bond acceptors (Lipinski definition) is 8. The van der Waals surface area contributed by atoms with E-state index in [9.17, 15) is 10.1 Å². The molecule has 0 aliphatic rings. The first-order valence-electron chi connectivity index (χ1n) is 12.2. The maximum atomic E-state index is 12.7. The first kappa shape index (κ1) is 27.4. The van der Waals surface area contributed by atoms with Crippen molar-refractivity contribution in [2.24, 2.45) is 0 Å². The standard InChI is InChI=1S/C30H28N4O4S/c1-20-13-21(2)15-25(14-20)37-11-12-38-26-10-9-23(17-27(26)36-3)16-24(19-31)29(35)32-30-34-33-28(39-30)18-22-7-5-4-6-8-22/h4-10,13-17H,11-12,18H2,1-3H3,(H,32,34,35). The van der Waals surface area contributed by atoms with Gasteiger partial charge in [-0.2, -0.15) is 5.26 Å². The summed E-state index contributed by atoms with van der Waals surface area (Å²) >= 11 is 1.27. The number of ether oxygens (including phenoxy) is 3. The Morgan fingerprint density at radius 2 is 1.72 bits per heavy atom. The lowest BCUT2D eigenvalue weighted by molar-refractivity contribution is -0.112. The van der Waals surface area contributed by atoms with Crippen molar-refractivity contribution in [1.29, 1.82) is 5.26 Å². The van der Waals surface area contributed by atoms with Gasteiger partial charge in [-0.3, -0.25) is 10.1 Å². The van der Waals surface area contributed by atoms with Crippen molar-refractivity contribution < 1.29 is 19.0 Å². The van der Waals surface area contributed by atoms with Crippen molar-refractivity contribution in [3.63, 3.8) is 0 Å². The van der Waals surface area contributed by atoms with Crippen LogP contribution in [-0.2, 0) is 11.2 Å². The summed E-state index contributed by atoms with van der Waals surface area (Å²) in [5.41, 5.74) is 3.90. The largest absolute Gasteiger partial charge is 0.493 e. The summed E-state index contributed by atoms with van der Waals surface area (Å²) in [7, 11) is 1.53. The van der Waals surface area contributed by atoms with Crippen LogP contribution in [0.15, 0.2) is 72.3 Å². The van der Waals surface area contributed by atoms with E-state index < -0.39 is 5.91 Å². The van der Waals surface area contributed by atoms with Gasteiger partial charge in [-0.15, -0.1) is 10.2 Å². The van der Waals surface area contributed by atoms with Crippen LogP contribution in [0.1, 0.15) is 27.3 Å². The molecule has 0 fully saturated rings. The van der Waals surface area contributed by atoms with Crippen LogP contribution in [0.4, 0.5) is 5.13 Å². The van der Waals surface area contributed by atoms with E-state index >= 15 is 0 Å². The van der Waals surface area contributed by atoms with Crippen LogP contribution in [-0.4, -0.2) is 36.4 Å². The van der Waals surface area contributed by atoms with Gasteiger partial charge in [0.05, 0.1) is 7.11 Å². The highest BCUT2D eigenvalue weighted by Crippen LogP contribution is 2.29. The number of nitrogens with one attached hydrogen (secondary N) is 1. The molecule has 8 nitrogen and oxygen atoms in total. The maximum absolute atomic E-state index is 12.7. The number of hydrogen-bond donors (Lipinski definition) is 1. The lowest BCUT2D eigenvalue weighted by Gasteiger charge is -2.13. The molecule has 0 spiro atoms. The average Bonchev–Trinajstić information content (AvgIpc) is 3.36. The number of aryl methyl sites for hydroxylation is 2. The second kappa shape index (κ2) is 13.2. The fourth-order valence-electron chi connectivity index (χ4n) is 3.85. The smallest absolute Gasteiger partial charge is 0.268 e. The van der Waals surface area contributed by atoms with E-state index in [4.69, 9.17) is 14.2 Å². The molecule has 9 heteroatoms. The van der Waals surface area contributed by atoms with Gasteiger partial charge in [0.1, 0.15) is 35.6 Å². The summed E-state index contributed by atoms with van der Waals surface area (Å²) in [4.78, 5) is 12.7. The number of nitrogens with zero attached hydrogens (tertiary/aromatic N) is 3. The third kappa shape index (κ3) is 7.90. The maximum Gasteiger partial charge on any atom is 0.268 e. The van der Waals surface area contributed by atoms with E-state index in [-0.39, 0.29) is 5.57 Å². The molecule has 0 unspecified atom stereocenters. The summed E-state index contributed by atoms with van der Waals surface area (Å²) in [6.07, 6.45) is 2.10. The second-order valence-electron chi connectivity index (χ2n) is 8.72. The molecule has 1 heterocycles. The first-order chi connectivity index (χ1) is 18.9. The molecule has 1 N–H and O–H groups in total. The molecule has 4 rings (SSSR count). The minimum atomic E-state index is -0.567. The molecule has 0 aliphatic carbocycles. The van der Waals surface area contributed by atoms with Gasteiger partial charge in [-0.05, 0) is 66.4 Å². The highest BCUT2D eigenvalue weighted by molar-refractivity contribution is 7.15. The number of carbonyl (C=O) groups is 1. The van der Waals surface area contributed by atoms with Crippen molar-refractivity contribution in [3.8, 4) is 23.3 Å². The van der Waals surface area contributed by atoms with E-state index in [1.165, 1.54) is 24.5 Å². The molecule has 1 amide bonds. The highest BCUT2D eigenvalue weighted by Gasteiger charge is 2.14. The average molecular weight is 541 g/mol. The van der Waals surface area contributed by atoms with Crippen molar-refractivity contribution in [2.75, 3.05) is 25.6 Å². The quantitative estimate of drug-likeness (QED) is 0.146. The summed E-state index contributed by atoms with van der Waals surface area (Å²) in [5, 5.41) is 21.5. The molecule has 39 heavy (non-hydrogen) atoms. The van der Waals surface area contributed by atoms with Crippen molar-refractivity contribution in [3.05, 3.63) is 99.6 Å². The molecule has 1 aromatic heterocycles. The van der Waals surface area contributed by atoms with E-state index in [0.29, 0.717) is 41.8 Å². The summed E-state index contributed by atoms with van der Waals surface area (Å²) in [5.74, 6) is 1.23. The number of anilines is 1. The van der Waals surface area contributed by atoms with E-state index in [1.54, 1.807) is 18.2 Å². The monoisotopic (exact) mass is 540 g/mol. The number of benzene rings is 3. The number of aromatic nitrogens is 2. The number of nitriles is 1. The van der Waals surface area contributed by atoms with Crippen LogP contribution in [0.5, 0.6) is 17.2 Å². The fraction of sp³-hybridized carbons (Fsp3) is 0.200. The van der Waals surface area contributed by atoms with Gasteiger partial charge < -0.3 is 14.2 Å². The van der Waals surface area contributed by atoms with Gasteiger partial charge in [0.2, 0.25) is 5.13 Å². The molecule has 0 bridgehead atoms. The zero-order chi connectivity index (χ0) is 27.6. The lowest BCUT2D eigenvalue weighted by atomic mass is 10.1. The van der Waals surface area contributed by atoms with Crippen LogP contribution in [0.3, 0.4) is 0 Å². The van der Waals surface area contributed by atoms with Crippen LogP contribution in [0.25, 0.3) is 6.08 Å². The zero-order valence-electron chi connectivity index (χ0n) is 21.9. The Bertz CT molecular complexity index is 1490. The molecule has 0 aliphatic heterocycles. The number of methoxy groups -OCH3 is 1. The normalized spacial score (nSPS) is 11.0. The van der Waals surface area contributed by atoms with Crippen molar-refractivity contribution in [2.45, 2.75) is 20.3 Å². The number of amides is 1. The van der Waals surface area contributed by atoms with Crippen LogP contribution >= 0.6 is 11.3 Å². The predicted octanol–water partition coefficient (Wildman–Crippen LogP) is 5.76. The van der Waals surface area contributed by atoms with Crippen molar-refractivity contribution >= 4 is 28.5 Å². The van der Waals surface area contributed by atoms with Crippen molar-refractivity contribution in [1.82, 2.24) is 10.2 Å². The molecule has 3 aromatic carbocycles. The Hall–Kier alpha value is -4.68. The summed E-state index contributed by atoms with van der Waals surface area (Å²) in [6, 6.07) is 23.0. The van der Waals surface area contributed by atoms with E-state index in [0.717, 1.165) is 27.4 Å². The van der Waals surface area contributed by atoms with Gasteiger partial charge in [0.15, 0.2) is 11.5 Å². The minimum Gasteiger partial charge on any atom is -0.493 e. The number of rotatable bonds is 11. The van der Waals surface area contributed by atoms with Crippen LogP contribution in [0.2, 0.25) is 0 Å². The van der Waals surface area contributed by atoms with E-state index in [1.807, 2.05) is 62.4 Å². The molecule has 0 saturated heterocycles. The molecule has 0 saturated carbocycles. The Kier molecular flexibility index (Phi) is 9.27. The summed E-state index contributed by atoms with van der Waals surface area (Å²) in [6.45, 7) is 4.74. The Morgan fingerprint density at radius 3 is 2.44 bits per heavy atom. The van der Waals surface area contributed by atoms with Crippen LogP contribution in [0, 0.1) is 25.2 Å². The summed E-state index contributed by atoms with van der Waals surface area (Å²) < 4.78 is 17.1. The SMILES string of the molecule is COc1cc(C=C(C#N)C(=O)Nc2nnc(Cc3ccccc3)s2)ccc1OCCOc1cc(C)cc(C)c1. The van der Waals surface area contributed by atoms with Gasteiger partial charge in [0, 0.05) is 6.42 Å². The third-order valence-electron chi connectivity index (χ3n) is 5.55. The lowest BCUT2D eigenvalue weighted by Crippen LogP contribution is -2.13. The Labute approximate surface area is 231 Å². The molecule has 0 atom stereocenters. The topological polar surface area (TPSA) is 106 Å². The second-order valence-corrected chi connectivity index (χ2v) is 9.78. The van der Waals surface area contributed by atoms with Gasteiger partial charge in [-0.25, -0.2) is 0 Å². The predicted molar refractivity (Wildman–Crippen MR) is 151 cm³/mol. The van der Waals surface area contributed by atoms with Gasteiger partial charge >= 0.3 is 0 Å². The van der Waals surface area contributed by atoms with Gasteiger partial charge in [-0.1, -0.05) is 53.8 Å². The highest BCUT2D eigenvalue weighted by atomic mass is 32.1. The van der Waals surface area contributed by atoms with E-state index in [2.05, 4.69) is 21.6 Å². The van der Waals surface area contributed by atoms with Gasteiger partial charge in [0.25, 0.3) is 5.91 Å². The molecule has 4 aromatic rings. The minimum absolute atomic E-state index is 0.0765. The Morgan fingerprint density at radius 1 is 0.974 bits per heavy atom. The molecular formula is C30H28N4O4S. The first-order valence-corrected chi connectivity index (χ1v) is 13.1. The molecular weight excluding hydrogens is 512 g/mol. The number of carbonyl (C=O) groups excluding carboxylic acids is 1. The Balaban J connectivity index is 1.35. The molecule has 198 valence electrons. The molecule has 0 radical (unpaired) electrons. The zero-order valence-corrected chi connectivity index (χ0v) is 22.7.